The highest BCUT2D eigenvalue weighted by molar-refractivity contribution is 5.97. The molecule has 27 heavy (non-hydrogen) atoms. The quantitative estimate of drug-likeness (QED) is 0.735. The second-order valence-corrected chi connectivity index (χ2v) is 6.19. The van der Waals surface area contributed by atoms with Crippen LogP contribution < -0.4 is 10.6 Å². The van der Waals surface area contributed by atoms with E-state index in [-0.39, 0.29) is 24.1 Å². The third kappa shape index (κ3) is 6.22. The van der Waals surface area contributed by atoms with Crippen LogP contribution in [0.1, 0.15) is 33.6 Å². The van der Waals surface area contributed by atoms with Gasteiger partial charge in [-0.1, -0.05) is 6.07 Å². The van der Waals surface area contributed by atoms with Crippen LogP contribution in [0.25, 0.3) is 0 Å². The van der Waals surface area contributed by atoms with Crippen LogP contribution in [0.5, 0.6) is 0 Å². The first-order chi connectivity index (χ1) is 12.9. The number of carbonyl (C=O) groups is 3. The Morgan fingerprint density at radius 2 is 1.70 bits per heavy atom. The SMILES string of the molecule is CN(C)C(=O)c1cccc(NC(=O)CCCNC(=O)c2ccc(F)cc2)c1. The molecule has 2 aromatic carbocycles. The summed E-state index contributed by atoms with van der Waals surface area (Å²) in [6.07, 6.45) is 0.671. The highest BCUT2D eigenvalue weighted by Gasteiger charge is 2.10. The van der Waals surface area contributed by atoms with Gasteiger partial charge in [-0.3, -0.25) is 14.4 Å². The lowest BCUT2D eigenvalue weighted by Crippen LogP contribution is -2.25. The predicted molar refractivity (Wildman–Crippen MR) is 101 cm³/mol. The van der Waals surface area contributed by atoms with Gasteiger partial charge in [0.15, 0.2) is 0 Å². The van der Waals surface area contributed by atoms with E-state index in [0.29, 0.717) is 29.8 Å². The first-order valence-electron chi connectivity index (χ1n) is 8.52. The molecule has 0 spiro atoms. The van der Waals surface area contributed by atoms with Crippen molar-refractivity contribution < 1.29 is 18.8 Å². The van der Waals surface area contributed by atoms with Crippen LogP contribution >= 0.6 is 0 Å². The van der Waals surface area contributed by atoms with Crippen molar-refractivity contribution in [2.75, 3.05) is 26.0 Å². The van der Waals surface area contributed by atoms with E-state index in [1.165, 1.54) is 29.2 Å². The standard InChI is InChI=1S/C20H22FN3O3/c1-24(2)20(27)15-5-3-6-17(13-15)23-18(25)7-4-12-22-19(26)14-8-10-16(21)11-9-14/h3,5-6,8-11,13H,4,7,12H2,1-2H3,(H,22,26)(H,23,25). The van der Waals surface area contributed by atoms with Gasteiger partial charge in [0.1, 0.15) is 5.82 Å². The topological polar surface area (TPSA) is 78.5 Å². The van der Waals surface area contributed by atoms with Crippen molar-refractivity contribution in [3.63, 3.8) is 0 Å². The van der Waals surface area contributed by atoms with Crippen LogP contribution in [0.2, 0.25) is 0 Å². The van der Waals surface area contributed by atoms with Crippen molar-refractivity contribution in [1.29, 1.82) is 0 Å². The summed E-state index contributed by atoms with van der Waals surface area (Å²) < 4.78 is 12.8. The van der Waals surface area contributed by atoms with Crippen LogP contribution in [0.4, 0.5) is 10.1 Å². The Balaban J connectivity index is 1.76. The summed E-state index contributed by atoms with van der Waals surface area (Å²) in [7, 11) is 3.32. The second-order valence-electron chi connectivity index (χ2n) is 6.19. The van der Waals surface area contributed by atoms with E-state index in [9.17, 15) is 18.8 Å². The lowest BCUT2D eigenvalue weighted by Gasteiger charge is -2.12. The third-order valence-corrected chi connectivity index (χ3v) is 3.77. The second kappa shape index (κ2) is 9.47. The molecule has 142 valence electrons. The smallest absolute Gasteiger partial charge is 0.253 e. The van der Waals surface area contributed by atoms with Crippen molar-refractivity contribution in [3.05, 3.63) is 65.5 Å². The lowest BCUT2D eigenvalue weighted by atomic mass is 10.1. The lowest BCUT2D eigenvalue weighted by molar-refractivity contribution is -0.116. The highest BCUT2D eigenvalue weighted by atomic mass is 19.1. The molecule has 0 unspecified atom stereocenters. The van der Waals surface area contributed by atoms with Crippen LogP contribution in [0.3, 0.4) is 0 Å². The van der Waals surface area contributed by atoms with Gasteiger partial charge in [0.05, 0.1) is 0 Å². The van der Waals surface area contributed by atoms with Crippen molar-refractivity contribution in [3.8, 4) is 0 Å². The summed E-state index contributed by atoms with van der Waals surface area (Å²) in [4.78, 5) is 37.3. The summed E-state index contributed by atoms with van der Waals surface area (Å²) in [5.41, 5.74) is 1.40. The first-order valence-corrected chi connectivity index (χ1v) is 8.52. The fourth-order valence-electron chi connectivity index (χ4n) is 2.37. The van der Waals surface area contributed by atoms with Crippen LogP contribution in [0.15, 0.2) is 48.5 Å². The van der Waals surface area contributed by atoms with Gasteiger partial charge in [-0.2, -0.15) is 0 Å². The first kappa shape index (κ1) is 20.1. The molecular weight excluding hydrogens is 349 g/mol. The molecule has 0 aliphatic rings. The molecule has 0 saturated heterocycles. The number of halogens is 1. The Kier molecular flexibility index (Phi) is 7.05. The fraction of sp³-hybridized carbons (Fsp3) is 0.250. The Hall–Kier alpha value is -3.22. The zero-order chi connectivity index (χ0) is 19.8. The number of carbonyl (C=O) groups excluding carboxylic acids is 3. The summed E-state index contributed by atoms with van der Waals surface area (Å²) >= 11 is 0. The van der Waals surface area contributed by atoms with Crippen molar-refractivity contribution in [2.45, 2.75) is 12.8 Å². The number of benzene rings is 2. The normalized spacial score (nSPS) is 10.2. The Morgan fingerprint density at radius 1 is 1.00 bits per heavy atom. The number of hydrogen-bond acceptors (Lipinski definition) is 3. The molecule has 2 aromatic rings. The van der Waals surface area contributed by atoms with Crippen molar-refractivity contribution >= 4 is 23.4 Å². The van der Waals surface area contributed by atoms with Gasteiger partial charge in [-0.15, -0.1) is 0 Å². The molecule has 0 bridgehead atoms. The molecule has 0 radical (unpaired) electrons. The zero-order valence-corrected chi connectivity index (χ0v) is 15.3. The minimum absolute atomic E-state index is 0.144. The third-order valence-electron chi connectivity index (χ3n) is 3.77. The molecule has 0 heterocycles. The molecule has 0 fully saturated rings. The summed E-state index contributed by atoms with van der Waals surface area (Å²) in [5, 5.41) is 5.42. The molecule has 0 aliphatic carbocycles. The van der Waals surface area contributed by atoms with Gasteiger partial charge in [-0.05, 0) is 48.9 Å². The maximum Gasteiger partial charge on any atom is 0.253 e. The van der Waals surface area contributed by atoms with Crippen LogP contribution in [-0.4, -0.2) is 43.3 Å². The molecule has 2 N–H and O–H groups in total. The average Bonchev–Trinajstić information content (AvgIpc) is 2.65. The fourth-order valence-corrected chi connectivity index (χ4v) is 2.37. The van der Waals surface area contributed by atoms with Crippen molar-refractivity contribution in [2.24, 2.45) is 0 Å². The van der Waals surface area contributed by atoms with Gasteiger partial charge in [0.25, 0.3) is 11.8 Å². The zero-order valence-electron chi connectivity index (χ0n) is 15.3. The molecule has 6 nitrogen and oxygen atoms in total. The van der Waals surface area contributed by atoms with E-state index in [1.54, 1.807) is 38.4 Å². The highest BCUT2D eigenvalue weighted by Crippen LogP contribution is 2.12. The maximum atomic E-state index is 12.8. The summed E-state index contributed by atoms with van der Waals surface area (Å²) in [6, 6.07) is 12.0. The van der Waals surface area contributed by atoms with E-state index in [2.05, 4.69) is 10.6 Å². The van der Waals surface area contributed by atoms with E-state index in [0.717, 1.165) is 0 Å². The molecule has 7 heteroatoms. The molecule has 0 atom stereocenters. The van der Waals surface area contributed by atoms with E-state index in [1.807, 2.05) is 0 Å². The van der Waals surface area contributed by atoms with Gasteiger partial charge in [0, 0.05) is 43.9 Å². The molecule has 3 amide bonds. The van der Waals surface area contributed by atoms with Gasteiger partial charge < -0.3 is 15.5 Å². The largest absolute Gasteiger partial charge is 0.352 e. The number of nitrogens with zero attached hydrogens (tertiary/aromatic N) is 1. The molecule has 0 saturated carbocycles. The predicted octanol–water partition coefficient (Wildman–Crippen LogP) is 2.68. The Labute approximate surface area is 157 Å². The maximum absolute atomic E-state index is 12.8. The number of hydrogen-bond donors (Lipinski definition) is 2. The monoisotopic (exact) mass is 371 g/mol. The van der Waals surface area contributed by atoms with Gasteiger partial charge in [0.2, 0.25) is 5.91 Å². The molecule has 0 aliphatic heterocycles. The molecule has 0 aromatic heterocycles. The van der Waals surface area contributed by atoms with Crippen molar-refractivity contribution in [1.82, 2.24) is 10.2 Å². The van der Waals surface area contributed by atoms with Crippen LogP contribution in [-0.2, 0) is 4.79 Å². The van der Waals surface area contributed by atoms with Crippen LogP contribution in [0, 0.1) is 5.82 Å². The minimum Gasteiger partial charge on any atom is -0.352 e. The van der Waals surface area contributed by atoms with Gasteiger partial charge in [-0.25, -0.2) is 4.39 Å². The molecule has 2 rings (SSSR count). The summed E-state index contributed by atoms with van der Waals surface area (Å²) in [6.45, 7) is 0.322. The minimum atomic E-state index is -0.403. The van der Waals surface area contributed by atoms with E-state index in [4.69, 9.17) is 0 Å². The Morgan fingerprint density at radius 3 is 2.37 bits per heavy atom. The van der Waals surface area contributed by atoms with E-state index >= 15 is 0 Å². The number of nitrogens with one attached hydrogen (secondary N) is 2. The number of amides is 3. The van der Waals surface area contributed by atoms with Gasteiger partial charge >= 0.3 is 0 Å². The summed E-state index contributed by atoms with van der Waals surface area (Å²) in [5.74, 6) is -1.07. The molecular formula is C20H22FN3O3. The Bertz CT molecular complexity index is 819. The van der Waals surface area contributed by atoms with E-state index < -0.39 is 5.82 Å². The number of anilines is 1. The number of rotatable bonds is 7. The average molecular weight is 371 g/mol.